The fourth-order valence-electron chi connectivity index (χ4n) is 2.82. The molecule has 0 amide bonds. The molecule has 1 aliphatic carbocycles. The predicted molar refractivity (Wildman–Crippen MR) is 69.8 cm³/mol. The van der Waals surface area contributed by atoms with Gasteiger partial charge >= 0.3 is 5.97 Å². The van der Waals surface area contributed by atoms with Crippen LogP contribution in [0.1, 0.15) is 64.7 Å². The summed E-state index contributed by atoms with van der Waals surface area (Å²) in [4.78, 5) is 10.6. The smallest absolute Gasteiger partial charge is 0.304 e. The minimum Gasteiger partial charge on any atom is -0.481 e. The molecule has 100 valence electrons. The van der Waals surface area contributed by atoms with Gasteiger partial charge in [0.1, 0.15) is 0 Å². The Morgan fingerprint density at radius 2 is 2.00 bits per heavy atom. The van der Waals surface area contributed by atoms with E-state index in [2.05, 4.69) is 6.92 Å². The van der Waals surface area contributed by atoms with Gasteiger partial charge in [-0.25, -0.2) is 0 Å². The lowest BCUT2D eigenvalue weighted by molar-refractivity contribution is -0.137. The third-order valence-corrected chi connectivity index (χ3v) is 4.14. The van der Waals surface area contributed by atoms with Crippen LogP contribution in [0.2, 0.25) is 0 Å². The third-order valence-electron chi connectivity index (χ3n) is 4.14. The Labute approximate surface area is 105 Å². The van der Waals surface area contributed by atoms with Crippen molar-refractivity contribution in [3.05, 3.63) is 0 Å². The second-order valence-corrected chi connectivity index (χ2v) is 5.67. The van der Waals surface area contributed by atoms with Gasteiger partial charge in [-0.3, -0.25) is 4.79 Å². The summed E-state index contributed by atoms with van der Waals surface area (Å²) in [6, 6.07) is -0.182. The number of hydrogen-bond donors (Lipinski definition) is 2. The van der Waals surface area contributed by atoms with Crippen LogP contribution in [0.4, 0.5) is 0 Å². The Morgan fingerprint density at radius 3 is 2.59 bits per heavy atom. The Hall–Kier alpha value is -0.570. The number of carboxylic acid groups (broad SMARTS) is 1. The first kappa shape index (κ1) is 14.5. The highest BCUT2D eigenvalue weighted by molar-refractivity contribution is 5.67. The van der Waals surface area contributed by atoms with Crippen LogP contribution < -0.4 is 5.73 Å². The Balaban J connectivity index is 2.10. The van der Waals surface area contributed by atoms with E-state index in [1.807, 2.05) is 0 Å². The normalized spacial score (nSPS) is 21.1. The molecular formula is C14H27NO2. The Bertz CT molecular complexity index is 224. The molecule has 0 heterocycles. The van der Waals surface area contributed by atoms with E-state index in [1.54, 1.807) is 0 Å². The molecule has 3 heteroatoms. The molecular weight excluding hydrogens is 214 g/mol. The highest BCUT2D eigenvalue weighted by atomic mass is 16.4. The van der Waals surface area contributed by atoms with E-state index in [0.717, 1.165) is 12.3 Å². The molecule has 1 aliphatic rings. The third kappa shape index (κ3) is 6.06. The lowest BCUT2D eigenvalue weighted by atomic mass is 9.84. The number of rotatable bonds is 7. The topological polar surface area (TPSA) is 63.3 Å². The largest absolute Gasteiger partial charge is 0.481 e. The summed E-state index contributed by atoms with van der Waals surface area (Å²) in [7, 11) is 0. The lowest BCUT2D eigenvalue weighted by Gasteiger charge is -2.23. The Kier molecular flexibility index (Phi) is 6.56. The number of aliphatic carboxylic acids is 1. The van der Waals surface area contributed by atoms with Crippen LogP contribution in [0, 0.1) is 11.8 Å². The molecule has 3 nitrogen and oxygen atoms in total. The molecule has 2 unspecified atom stereocenters. The van der Waals surface area contributed by atoms with Crippen LogP contribution in [0.5, 0.6) is 0 Å². The molecule has 1 rings (SSSR count). The molecule has 0 aromatic carbocycles. The summed E-state index contributed by atoms with van der Waals surface area (Å²) in [6.07, 6.45) is 10.7. The molecule has 3 N–H and O–H groups in total. The van der Waals surface area contributed by atoms with Crippen molar-refractivity contribution in [1.82, 2.24) is 0 Å². The van der Waals surface area contributed by atoms with Crippen LogP contribution in [0.15, 0.2) is 0 Å². The maximum atomic E-state index is 10.6. The first-order chi connectivity index (χ1) is 8.09. The van der Waals surface area contributed by atoms with Gasteiger partial charge in [0.15, 0.2) is 0 Å². The first-order valence-electron chi connectivity index (χ1n) is 7.07. The van der Waals surface area contributed by atoms with E-state index in [1.165, 1.54) is 44.9 Å². The molecule has 17 heavy (non-hydrogen) atoms. The zero-order valence-corrected chi connectivity index (χ0v) is 11.0. The summed E-state index contributed by atoms with van der Waals surface area (Å²) in [6.45, 7) is 2.08. The molecule has 0 spiro atoms. The van der Waals surface area contributed by atoms with Gasteiger partial charge in [-0.1, -0.05) is 51.9 Å². The van der Waals surface area contributed by atoms with Crippen molar-refractivity contribution in [1.29, 1.82) is 0 Å². The van der Waals surface area contributed by atoms with Crippen molar-refractivity contribution in [3.8, 4) is 0 Å². The average molecular weight is 241 g/mol. The van der Waals surface area contributed by atoms with E-state index < -0.39 is 5.97 Å². The van der Waals surface area contributed by atoms with Gasteiger partial charge in [-0.2, -0.15) is 0 Å². The van der Waals surface area contributed by atoms with E-state index in [0.29, 0.717) is 5.92 Å². The minimum atomic E-state index is -0.781. The quantitative estimate of drug-likeness (QED) is 0.719. The van der Waals surface area contributed by atoms with E-state index >= 15 is 0 Å². The fourth-order valence-corrected chi connectivity index (χ4v) is 2.82. The summed E-state index contributed by atoms with van der Waals surface area (Å²) in [5.74, 6) is 0.470. The van der Waals surface area contributed by atoms with Gasteiger partial charge in [-0.05, 0) is 18.3 Å². The van der Waals surface area contributed by atoms with Crippen LogP contribution in [-0.4, -0.2) is 17.1 Å². The highest BCUT2D eigenvalue weighted by Crippen LogP contribution is 2.28. The van der Waals surface area contributed by atoms with E-state index in [9.17, 15) is 4.79 Å². The first-order valence-corrected chi connectivity index (χ1v) is 7.07. The lowest BCUT2D eigenvalue weighted by Crippen LogP contribution is -2.30. The summed E-state index contributed by atoms with van der Waals surface area (Å²) in [5.41, 5.74) is 5.86. The highest BCUT2D eigenvalue weighted by Gasteiger charge is 2.17. The van der Waals surface area contributed by atoms with Gasteiger partial charge in [0, 0.05) is 6.04 Å². The van der Waals surface area contributed by atoms with Crippen LogP contribution in [0.3, 0.4) is 0 Å². The van der Waals surface area contributed by atoms with Crippen molar-refractivity contribution in [2.24, 2.45) is 17.6 Å². The molecule has 1 saturated carbocycles. The van der Waals surface area contributed by atoms with E-state index in [4.69, 9.17) is 10.8 Å². The SMILES string of the molecule is CC(CCCC1CCCCC1)C(N)CC(=O)O. The van der Waals surface area contributed by atoms with Crippen molar-refractivity contribution in [2.75, 3.05) is 0 Å². The number of carbonyl (C=O) groups is 1. The van der Waals surface area contributed by atoms with Crippen LogP contribution in [-0.2, 0) is 4.79 Å². The monoisotopic (exact) mass is 241 g/mol. The molecule has 0 saturated heterocycles. The molecule has 2 atom stereocenters. The molecule has 1 fully saturated rings. The summed E-state index contributed by atoms with van der Waals surface area (Å²) >= 11 is 0. The van der Waals surface area contributed by atoms with Crippen LogP contribution >= 0.6 is 0 Å². The summed E-state index contributed by atoms with van der Waals surface area (Å²) in [5, 5.41) is 8.68. The van der Waals surface area contributed by atoms with Crippen molar-refractivity contribution in [2.45, 2.75) is 70.8 Å². The zero-order chi connectivity index (χ0) is 12.7. The minimum absolute atomic E-state index is 0.102. The zero-order valence-electron chi connectivity index (χ0n) is 11.0. The molecule has 0 aromatic heterocycles. The number of carboxylic acids is 1. The molecule has 0 radical (unpaired) electrons. The molecule has 0 aliphatic heterocycles. The van der Waals surface area contributed by atoms with Gasteiger partial charge in [0.25, 0.3) is 0 Å². The predicted octanol–water partition coefficient (Wildman–Crippen LogP) is 3.18. The maximum Gasteiger partial charge on any atom is 0.304 e. The van der Waals surface area contributed by atoms with Crippen molar-refractivity contribution >= 4 is 5.97 Å². The second kappa shape index (κ2) is 7.70. The van der Waals surface area contributed by atoms with Crippen molar-refractivity contribution < 1.29 is 9.90 Å². The summed E-state index contributed by atoms with van der Waals surface area (Å²) < 4.78 is 0. The van der Waals surface area contributed by atoms with Gasteiger partial charge in [0.05, 0.1) is 6.42 Å². The van der Waals surface area contributed by atoms with Crippen LogP contribution in [0.25, 0.3) is 0 Å². The maximum absolute atomic E-state index is 10.6. The number of hydrogen-bond acceptors (Lipinski definition) is 2. The van der Waals surface area contributed by atoms with Gasteiger partial charge in [0.2, 0.25) is 0 Å². The molecule has 0 aromatic rings. The van der Waals surface area contributed by atoms with Gasteiger partial charge < -0.3 is 10.8 Å². The second-order valence-electron chi connectivity index (χ2n) is 5.67. The molecule has 0 bridgehead atoms. The fraction of sp³-hybridized carbons (Fsp3) is 0.929. The number of nitrogens with two attached hydrogens (primary N) is 1. The van der Waals surface area contributed by atoms with Crippen molar-refractivity contribution in [3.63, 3.8) is 0 Å². The van der Waals surface area contributed by atoms with E-state index in [-0.39, 0.29) is 12.5 Å². The van der Waals surface area contributed by atoms with Gasteiger partial charge in [-0.15, -0.1) is 0 Å². The average Bonchev–Trinajstić information content (AvgIpc) is 2.29. The standard InChI is InChI=1S/C14H27NO2/c1-11(13(15)10-14(16)17)6-5-9-12-7-3-2-4-8-12/h11-13H,2-10,15H2,1H3,(H,16,17). The Morgan fingerprint density at radius 1 is 1.35 bits per heavy atom.